The second kappa shape index (κ2) is 15.7. The summed E-state index contributed by atoms with van der Waals surface area (Å²) in [6.07, 6.45) is 6.80. The predicted molar refractivity (Wildman–Crippen MR) is 117 cm³/mol. The van der Waals surface area contributed by atoms with Crippen LogP contribution in [-0.4, -0.2) is 61.5 Å². The number of benzene rings is 1. The van der Waals surface area contributed by atoms with Crippen LogP contribution in [0.3, 0.4) is 0 Å². The molecule has 0 spiro atoms. The molecule has 32 heavy (non-hydrogen) atoms. The summed E-state index contributed by atoms with van der Waals surface area (Å²) in [6.45, 7) is 1.61. The first-order valence-corrected chi connectivity index (χ1v) is 11.6. The minimum Gasteiger partial charge on any atom is -0.462 e. The van der Waals surface area contributed by atoms with Crippen LogP contribution in [0.2, 0.25) is 0 Å². The van der Waals surface area contributed by atoms with Crippen LogP contribution in [0.15, 0.2) is 18.2 Å². The highest BCUT2D eigenvalue weighted by Gasteiger charge is 2.18. The summed E-state index contributed by atoms with van der Waals surface area (Å²) in [7, 11) is 0. The monoisotopic (exact) mass is 452 g/mol. The van der Waals surface area contributed by atoms with Gasteiger partial charge >= 0.3 is 11.9 Å². The lowest BCUT2D eigenvalue weighted by atomic mass is 10.1. The molecule has 180 valence electrons. The summed E-state index contributed by atoms with van der Waals surface area (Å²) in [5, 5.41) is 17.7. The predicted octanol–water partition coefficient (Wildman–Crippen LogP) is 3.37. The number of unbranched alkanes of at least 4 members (excludes halogenated alkanes) is 4. The molecule has 1 saturated heterocycles. The van der Waals surface area contributed by atoms with Gasteiger partial charge in [0, 0.05) is 19.8 Å². The third-order valence-electron chi connectivity index (χ3n) is 5.11. The SMILES string of the molecule is O=C(OCCCCCO)c1cc(COC2CCCCO2)cc(C(=O)OCCCCCO)c1. The summed E-state index contributed by atoms with van der Waals surface area (Å²) >= 11 is 0. The molecule has 2 rings (SSSR count). The van der Waals surface area contributed by atoms with E-state index in [1.165, 1.54) is 6.07 Å². The Bertz CT molecular complexity index is 640. The summed E-state index contributed by atoms with van der Waals surface area (Å²) in [6, 6.07) is 4.81. The van der Waals surface area contributed by atoms with Gasteiger partial charge in [-0.1, -0.05) is 0 Å². The average molecular weight is 453 g/mol. The van der Waals surface area contributed by atoms with Crippen molar-refractivity contribution in [2.75, 3.05) is 33.0 Å². The van der Waals surface area contributed by atoms with E-state index in [1.54, 1.807) is 12.1 Å². The van der Waals surface area contributed by atoms with E-state index in [9.17, 15) is 9.59 Å². The molecule has 1 aromatic carbocycles. The van der Waals surface area contributed by atoms with Crippen molar-refractivity contribution >= 4 is 11.9 Å². The van der Waals surface area contributed by atoms with E-state index in [4.69, 9.17) is 29.2 Å². The van der Waals surface area contributed by atoms with Crippen LogP contribution in [0.25, 0.3) is 0 Å². The normalized spacial score (nSPS) is 16.0. The maximum absolute atomic E-state index is 12.5. The first-order chi connectivity index (χ1) is 15.6. The maximum atomic E-state index is 12.5. The van der Waals surface area contributed by atoms with Crippen LogP contribution in [0, 0.1) is 0 Å². The van der Waals surface area contributed by atoms with Gasteiger partial charge in [-0.05, 0) is 81.5 Å². The van der Waals surface area contributed by atoms with Crippen LogP contribution < -0.4 is 0 Å². The molecule has 1 unspecified atom stereocenters. The zero-order valence-electron chi connectivity index (χ0n) is 18.8. The van der Waals surface area contributed by atoms with Crippen molar-refractivity contribution in [3.05, 3.63) is 34.9 Å². The minimum absolute atomic E-state index is 0.117. The van der Waals surface area contributed by atoms with E-state index in [-0.39, 0.29) is 50.5 Å². The lowest BCUT2D eigenvalue weighted by Crippen LogP contribution is -2.22. The molecule has 1 aliphatic heterocycles. The number of rotatable bonds is 15. The van der Waals surface area contributed by atoms with Crippen LogP contribution in [0.4, 0.5) is 0 Å². The summed E-state index contributed by atoms with van der Waals surface area (Å²) in [5.41, 5.74) is 1.20. The van der Waals surface area contributed by atoms with E-state index >= 15 is 0 Å². The van der Waals surface area contributed by atoms with Crippen molar-refractivity contribution in [1.29, 1.82) is 0 Å². The first-order valence-electron chi connectivity index (χ1n) is 11.6. The third-order valence-corrected chi connectivity index (χ3v) is 5.11. The summed E-state index contributed by atoms with van der Waals surface area (Å²) < 4.78 is 22.0. The smallest absolute Gasteiger partial charge is 0.338 e. The Hall–Kier alpha value is -2.00. The molecule has 0 saturated carbocycles. The Balaban J connectivity index is 2.00. The number of carbonyl (C=O) groups is 2. The highest BCUT2D eigenvalue weighted by molar-refractivity contribution is 5.95. The van der Waals surface area contributed by atoms with Gasteiger partial charge in [0.15, 0.2) is 6.29 Å². The Labute approximate surface area is 189 Å². The molecular formula is C24H36O8. The molecule has 0 bridgehead atoms. The summed E-state index contributed by atoms with van der Waals surface area (Å²) in [5.74, 6) is -1.02. The number of hydrogen-bond acceptors (Lipinski definition) is 8. The van der Waals surface area contributed by atoms with Gasteiger partial charge in [0.25, 0.3) is 0 Å². The largest absolute Gasteiger partial charge is 0.462 e. The average Bonchev–Trinajstić information content (AvgIpc) is 2.82. The van der Waals surface area contributed by atoms with Crippen LogP contribution in [-0.2, 0) is 25.6 Å². The molecule has 1 aromatic rings. The van der Waals surface area contributed by atoms with Gasteiger partial charge in [-0.15, -0.1) is 0 Å². The van der Waals surface area contributed by atoms with E-state index in [1.807, 2.05) is 0 Å². The number of ether oxygens (including phenoxy) is 4. The van der Waals surface area contributed by atoms with E-state index < -0.39 is 11.9 Å². The molecule has 2 N–H and O–H groups in total. The van der Waals surface area contributed by atoms with E-state index in [0.29, 0.717) is 37.9 Å². The second-order valence-electron chi connectivity index (χ2n) is 7.87. The lowest BCUT2D eigenvalue weighted by Gasteiger charge is -2.22. The number of aliphatic hydroxyl groups is 2. The number of aliphatic hydroxyl groups excluding tert-OH is 2. The Morgan fingerprint density at radius 1 is 0.844 bits per heavy atom. The Morgan fingerprint density at radius 3 is 1.94 bits per heavy atom. The van der Waals surface area contributed by atoms with Gasteiger partial charge in [0.1, 0.15) is 0 Å². The van der Waals surface area contributed by atoms with E-state index in [0.717, 1.165) is 32.1 Å². The second-order valence-corrected chi connectivity index (χ2v) is 7.87. The maximum Gasteiger partial charge on any atom is 0.338 e. The van der Waals surface area contributed by atoms with Crippen LogP contribution in [0.1, 0.15) is 84.1 Å². The Morgan fingerprint density at radius 2 is 1.44 bits per heavy atom. The van der Waals surface area contributed by atoms with Crippen molar-refractivity contribution in [2.24, 2.45) is 0 Å². The van der Waals surface area contributed by atoms with Gasteiger partial charge < -0.3 is 29.2 Å². The van der Waals surface area contributed by atoms with Crippen molar-refractivity contribution in [1.82, 2.24) is 0 Å². The summed E-state index contributed by atoms with van der Waals surface area (Å²) in [4.78, 5) is 25.1. The molecule has 8 nitrogen and oxygen atoms in total. The fourth-order valence-electron chi connectivity index (χ4n) is 3.32. The van der Waals surface area contributed by atoms with Gasteiger partial charge in [-0.2, -0.15) is 0 Å². The quantitative estimate of drug-likeness (QED) is 0.308. The molecule has 1 heterocycles. The van der Waals surface area contributed by atoms with Crippen molar-refractivity contribution in [3.8, 4) is 0 Å². The van der Waals surface area contributed by atoms with Crippen molar-refractivity contribution < 1.29 is 38.7 Å². The Kier molecular flexibility index (Phi) is 12.9. The molecule has 1 aliphatic rings. The van der Waals surface area contributed by atoms with Gasteiger partial charge in [-0.3, -0.25) is 0 Å². The number of carbonyl (C=O) groups excluding carboxylic acids is 2. The van der Waals surface area contributed by atoms with Gasteiger partial charge in [-0.25, -0.2) is 9.59 Å². The fourth-order valence-corrected chi connectivity index (χ4v) is 3.32. The highest BCUT2D eigenvalue weighted by atomic mass is 16.7. The van der Waals surface area contributed by atoms with Gasteiger partial charge in [0.2, 0.25) is 0 Å². The van der Waals surface area contributed by atoms with E-state index in [2.05, 4.69) is 0 Å². The lowest BCUT2D eigenvalue weighted by molar-refractivity contribution is -0.168. The molecule has 8 heteroatoms. The topological polar surface area (TPSA) is 112 Å². The molecular weight excluding hydrogens is 416 g/mol. The zero-order valence-corrected chi connectivity index (χ0v) is 18.8. The highest BCUT2D eigenvalue weighted by Crippen LogP contribution is 2.19. The van der Waals surface area contributed by atoms with Crippen molar-refractivity contribution in [2.45, 2.75) is 70.7 Å². The molecule has 0 amide bonds. The molecule has 0 radical (unpaired) electrons. The molecule has 0 aliphatic carbocycles. The van der Waals surface area contributed by atoms with Crippen LogP contribution >= 0.6 is 0 Å². The zero-order chi connectivity index (χ0) is 23.0. The van der Waals surface area contributed by atoms with Gasteiger partial charge in [0.05, 0.1) is 30.9 Å². The standard InChI is InChI=1S/C24H36O8/c25-10-4-1-6-13-30-23(27)20-15-19(18-32-22-9-3-8-12-29-22)16-21(17-20)24(28)31-14-7-2-5-11-26/h15-17,22,25-26H,1-14,18H2. The third kappa shape index (κ3) is 10.1. The first kappa shape index (κ1) is 26.3. The molecule has 0 aromatic heterocycles. The molecule has 1 fully saturated rings. The number of hydrogen-bond donors (Lipinski definition) is 2. The van der Waals surface area contributed by atoms with Crippen LogP contribution in [0.5, 0.6) is 0 Å². The minimum atomic E-state index is -0.512. The molecule has 1 atom stereocenters. The van der Waals surface area contributed by atoms with Crippen molar-refractivity contribution in [3.63, 3.8) is 0 Å². The fraction of sp³-hybridized carbons (Fsp3) is 0.667. The number of esters is 2.